The Morgan fingerprint density at radius 2 is 2.05 bits per heavy atom. The SMILES string of the molecule is CCOC(=O)C(C)(CCN(C)CC1CCN(C)CC1)NC. The zero-order chi connectivity index (χ0) is 15.9. The molecule has 1 rings (SSSR count). The number of likely N-dealkylation sites (tertiary alicyclic amines) is 1. The molecule has 0 aromatic heterocycles. The molecule has 1 unspecified atom stereocenters. The Labute approximate surface area is 130 Å². The number of carbonyl (C=O) groups is 1. The van der Waals surface area contributed by atoms with Gasteiger partial charge in [-0.2, -0.15) is 0 Å². The molecule has 0 saturated carbocycles. The lowest BCUT2D eigenvalue weighted by Gasteiger charge is -2.33. The molecule has 0 aromatic carbocycles. The first kappa shape index (κ1) is 18.4. The van der Waals surface area contributed by atoms with Crippen molar-refractivity contribution in [2.45, 2.75) is 38.6 Å². The van der Waals surface area contributed by atoms with Crippen LogP contribution in [-0.4, -0.2) is 75.2 Å². The highest BCUT2D eigenvalue weighted by atomic mass is 16.5. The molecule has 1 atom stereocenters. The van der Waals surface area contributed by atoms with Gasteiger partial charge < -0.3 is 19.9 Å². The van der Waals surface area contributed by atoms with Gasteiger partial charge in [0.2, 0.25) is 0 Å². The molecule has 0 spiro atoms. The van der Waals surface area contributed by atoms with Crippen LogP contribution in [0.1, 0.15) is 33.1 Å². The Morgan fingerprint density at radius 3 is 2.57 bits per heavy atom. The fourth-order valence-corrected chi connectivity index (χ4v) is 2.81. The summed E-state index contributed by atoms with van der Waals surface area (Å²) in [4.78, 5) is 16.8. The Morgan fingerprint density at radius 1 is 1.43 bits per heavy atom. The zero-order valence-corrected chi connectivity index (χ0v) is 14.4. The average molecular weight is 299 g/mol. The van der Waals surface area contributed by atoms with Crippen molar-refractivity contribution in [3.63, 3.8) is 0 Å². The number of rotatable bonds is 8. The zero-order valence-electron chi connectivity index (χ0n) is 14.4. The molecule has 21 heavy (non-hydrogen) atoms. The highest BCUT2D eigenvalue weighted by molar-refractivity contribution is 5.80. The van der Waals surface area contributed by atoms with Crippen molar-refractivity contribution >= 4 is 5.97 Å². The third-order valence-corrected chi connectivity index (χ3v) is 4.68. The smallest absolute Gasteiger partial charge is 0.326 e. The molecule has 0 aliphatic carbocycles. The summed E-state index contributed by atoms with van der Waals surface area (Å²) in [6.45, 7) is 8.64. The summed E-state index contributed by atoms with van der Waals surface area (Å²) in [5.74, 6) is 0.634. The van der Waals surface area contributed by atoms with E-state index in [1.807, 2.05) is 20.9 Å². The lowest BCUT2D eigenvalue weighted by molar-refractivity contribution is -0.150. The second-order valence-electron chi connectivity index (χ2n) is 6.56. The van der Waals surface area contributed by atoms with E-state index in [1.54, 1.807) is 0 Å². The van der Waals surface area contributed by atoms with Crippen LogP contribution in [0.3, 0.4) is 0 Å². The minimum Gasteiger partial charge on any atom is -0.465 e. The van der Waals surface area contributed by atoms with Crippen molar-refractivity contribution in [3.05, 3.63) is 0 Å². The van der Waals surface area contributed by atoms with E-state index >= 15 is 0 Å². The van der Waals surface area contributed by atoms with Crippen molar-refractivity contribution in [2.24, 2.45) is 5.92 Å². The van der Waals surface area contributed by atoms with E-state index in [1.165, 1.54) is 25.9 Å². The number of ether oxygens (including phenoxy) is 1. The lowest BCUT2D eigenvalue weighted by Crippen LogP contribution is -2.50. The molecule has 1 heterocycles. The van der Waals surface area contributed by atoms with E-state index in [9.17, 15) is 4.79 Å². The van der Waals surface area contributed by atoms with Crippen molar-refractivity contribution in [2.75, 3.05) is 53.9 Å². The highest BCUT2D eigenvalue weighted by Crippen LogP contribution is 2.18. The molecule has 1 aliphatic rings. The second-order valence-corrected chi connectivity index (χ2v) is 6.56. The first-order valence-corrected chi connectivity index (χ1v) is 8.14. The molecular formula is C16H33N3O2. The normalized spacial score (nSPS) is 20.5. The van der Waals surface area contributed by atoms with Gasteiger partial charge in [0.15, 0.2) is 0 Å². The number of nitrogens with one attached hydrogen (secondary N) is 1. The van der Waals surface area contributed by atoms with E-state index in [4.69, 9.17) is 4.74 Å². The second kappa shape index (κ2) is 8.71. The van der Waals surface area contributed by atoms with Crippen LogP contribution in [0.15, 0.2) is 0 Å². The number of likely N-dealkylation sites (N-methyl/N-ethyl adjacent to an activating group) is 1. The molecule has 1 N–H and O–H groups in total. The number of nitrogens with zero attached hydrogens (tertiary/aromatic N) is 2. The molecule has 5 nitrogen and oxygen atoms in total. The predicted octanol–water partition coefficient (Wildman–Crippen LogP) is 1.19. The predicted molar refractivity (Wildman–Crippen MR) is 86.4 cm³/mol. The van der Waals surface area contributed by atoms with Crippen molar-refractivity contribution in [1.82, 2.24) is 15.1 Å². The molecule has 0 amide bonds. The van der Waals surface area contributed by atoms with Gasteiger partial charge in [0.1, 0.15) is 5.54 Å². The van der Waals surface area contributed by atoms with Crippen LogP contribution in [-0.2, 0) is 9.53 Å². The summed E-state index contributed by atoms with van der Waals surface area (Å²) >= 11 is 0. The summed E-state index contributed by atoms with van der Waals surface area (Å²) in [6.07, 6.45) is 3.33. The van der Waals surface area contributed by atoms with E-state index in [2.05, 4.69) is 29.2 Å². The summed E-state index contributed by atoms with van der Waals surface area (Å²) in [7, 11) is 6.17. The topological polar surface area (TPSA) is 44.8 Å². The largest absolute Gasteiger partial charge is 0.465 e. The van der Waals surface area contributed by atoms with Gasteiger partial charge in [-0.25, -0.2) is 0 Å². The number of piperidine rings is 1. The molecule has 1 saturated heterocycles. The van der Waals surface area contributed by atoms with Crippen molar-refractivity contribution in [1.29, 1.82) is 0 Å². The summed E-state index contributed by atoms with van der Waals surface area (Å²) in [6, 6.07) is 0. The van der Waals surface area contributed by atoms with Crippen LogP contribution in [0.2, 0.25) is 0 Å². The number of hydrogen-bond acceptors (Lipinski definition) is 5. The molecule has 5 heteroatoms. The molecule has 0 bridgehead atoms. The van der Waals surface area contributed by atoms with Crippen LogP contribution < -0.4 is 5.32 Å². The highest BCUT2D eigenvalue weighted by Gasteiger charge is 2.33. The van der Waals surface area contributed by atoms with E-state index in [-0.39, 0.29) is 5.97 Å². The van der Waals surface area contributed by atoms with Gasteiger partial charge >= 0.3 is 5.97 Å². The lowest BCUT2D eigenvalue weighted by atomic mass is 9.95. The van der Waals surface area contributed by atoms with Gasteiger partial charge in [-0.3, -0.25) is 4.79 Å². The third kappa shape index (κ3) is 5.93. The maximum atomic E-state index is 12.0. The van der Waals surface area contributed by atoms with Crippen LogP contribution in [0.25, 0.3) is 0 Å². The maximum Gasteiger partial charge on any atom is 0.326 e. The molecule has 0 radical (unpaired) electrons. The van der Waals surface area contributed by atoms with Crippen LogP contribution >= 0.6 is 0 Å². The van der Waals surface area contributed by atoms with Crippen molar-refractivity contribution in [3.8, 4) is 0 Å². The average Bonchev–Trinajstić information content (AvgIpc) is 2.47. The molecule has 0 aromatic rings. The monoisotopic (exact) mass is 299 g/mol. The Balaban J connectivity index is 2.36. The summed E-state index contributed by atoms with van der Waals surface area (Å²) < 4.78 is 5.17. The van der Waals surface area contributed by atoms with E-state index in [0.29, 0.717) is 6.61 Å². The maximum absolute atomic E-state index is 12.0. The Hall–Kier alpha value is -0.650. The van der Waals surface area contributed by atoms with Crippen molar-refractivity contribution < 1.29 is 9.53 Å². The number of esters is 1. The minimum absolute atomic E-state index is 0.153. The number of carbonyl (C=O) groups excluding carboxylic acids is 1. The Bertz CT molecular complexity index is 317. The fourth-order valence-electron chi connectivity index (χ4n) is 2.81. The van der Waals surface area contributed by atoms with Gasteiger partial charge in [-0.1, -0.05) is 0 Å². The quantitative estimate of drug-likeness (QED) is 0.682. The first-order chi connectivity index (χ1) is 9.91. The van der Waals surface area contributed by atoms with Gasteiger partial charge in [0.05, 0.1) is 6.61 Å². The standard InChI is InChI=1S/C16H33N3O2/c1-6-21-15(20)16(2,17-3)9-12-19(5)13-14-7-10-18(4)11-8-14/h14,17H,6-13H2,1-5H3. The molecule has 124 valence electrons. The van der Waals surface area contributed by atoms with Gasteiger partial charge in [-0.05, 0) is 73.3 Å². The first-order valence-electron chi connectivity index (χ1n) is 8.14. The van der Waals surface area contributed by atoms with E-state index < -0.39 is 5.54 Å². The third-order valence-electron chi connectivity index (χ3n) is 4.68. The van der Waals surface area contributed by atoms with Crippen LogP contribution in [0, 0.1) is 5.92 Å². The Kier molecular flexibility index (Phi) is 7.63. The molecular weight excluding hydrogens is 266 g/mol. The summed E-state index contributed by atoms with van der Waals surface area (Å²) in [5, 5.41) is 3.12. The number of hydrogen-bond donors (Lipinski definition) is 1. The van der Waals surface area contributed by atoms with Gasteiger partial charge in [-0.15, -0.1) is 0 Å². The molecule has 1 aliphatic heterocycles. The molecule has 1 fully saturated rings. The van der Waals surface area contributed by atoms with E-state index in [0.717, 1.165) is 25.4 Å². The fraction of sp³-hybridized carbons (Fsp3) is 0.938. The van der Waals surface area contributed by atoms with Gasteiger partial charge in [0, 0.05) is 13.1 Å². The minimum atomic E-state index is -0.586. The van der Waals surface area contributed by atoms with Crippen LogP contribution in [0.4, 0.5) is 0 Å². The summed E-state index contributed by atoms with van der Waals surface area (Å²) in [5.41, 5.74) is -0.586. The van der Waals surface area contributed by atoms with Crippen LogP contribution in [0.5, 0.6) is 0 Å². The van der Waals surface area contributed by atoms with Gasteiger partial charge in [0.25, 0.3) is 0 Å².